The fourth-order valence-corrected chi connectivity index (χ4v) is 1.08. The van der Waals surface area contributed by atoms with Gasteiger partial charge in [0.2, 0.25) is 0 Å². The molecule has 0 saturated heterocycles. The van der Waals surface area contributed by atoms with Crippen molar-refractivity contribution in [2.24, 2.45) is 0 Å². The van der Waals surface area contributed by atoms with Crippen molar-refractivity contribution in [3.8, 4) is 0 Å². The predicted molar refractivity (Wildman–Crippen MR) is 59.4 cm³/mol. The second-order valence-electron chi connectivity index (χ2n) is 2.28. The van der Waals surface area contributed by atoms with Crippen LogP contribution in [-0.4, -0.2) is 18.1 Å². The van der Waals surface area contributed by atoms with E-state index in [1.165, 1.54) is 13.3 Å². The van der Waals surface area contributed by atoms with Gasteiger partial charge in [0.05, 0.1) is 18.4 Å². The van der Waals surface area contributed by atoms with Crippen LogP contribution in [0.3, 0.4) is 0 Å². The molecular weight excluding hydrogens is 246 g/mol. The normalized spacial score (nSPS) is 8.64. The highest BCUT2D eigenvalue weighted by atomic mass is 79.9. The number of halogens is 1. The maximum Gasteiger partial charge on any atom is 0.339 e. The van der Waals surface area contributed by atoms with Crippen LogP contribution in [0.15, 0.2) is 16.7 Å². The van der Waals surface area contributed by atoms with Crippen molar-refractivity contribution in [3.05, 3.63) is 28.0 Å². The number of hydrogen-bond acceptors (Lipinski definition) is 3. The van der Waals surface area contributed by atoms with Crippen LogP contribution in [0.1, 0.15) is 29.9 Å². The van der Waals surface area contributed by atoms with Gasteiger partial charge in [-0.15, -0.1) is 0 Å². The van der Waals surface area contributed by atoms with E-state index in [0.29, 0.717) is 5.56 Å². The van der Waals surface area contributed by atoms with Crippen molar-refractivity contribution >= 4 is 21.9 Å². The fraction of sp³-hybridized carbons (Fsp3) is 0.400. The number of pyridine rings is 1. The molecule has 0 atom stereocenters. The third-order valence-electron chi connectivity index (χ3n) is 1.45. The molecule has 4 heteroatoms. The SMILES string of the molecule is CC.COC(=O)c1cnc(C)c(Br)c1. The molecule has 0 aliphatic rings. The Morgan fingerprint density at radius 2 is 2.07 bits per heavy atom. The van der Waals surface area contributed by atoms with Crippen molar-refractivity contribution in [2.45, 2.75) is 20.8 Å². The van der Waals surface area contributed by atoms with Crippen molar-refractivity contribution in [1.29, 1.82) is 0 Å². The Balaban J connectivity index is 0.000000791. The first-order valence-electron chi connectivity index (χ1n) is 4.35. The van der Waals surface area contributed by atoms with E-state index in [2.05, 4.69) is 25.7 Å². The van der Waals surface area contributed by atoms with Gasteiger partial charge < -0.3 is 4.74 Å². The second-order valence-corrected chi connectivity index (χ2v) is 3.14. The summed E-state index contributed by atoms with van der Waals surface area (Å²) in [5, 5.41) is 0. The molecule has 0 amide bonds. The van der Waals surface area contributed by atoms with Crippen LogP contribution in [-0.2, 0) is 4.74 Å². The van der Waals surface area contributed by atoms with Gasteiger partial charge in [-0.2, -0.15) is 0 Å². The number of esters is 1. The fourth-order valence-electron chi connectivity index (χ4n) is 0.736. The molecule has 0 aliphatic carbocycles. The molecule has 0 unspecified atom stereocenters. The van der Waals surface area contributed by atoms with E-state index in [9.17, 15) is 4.79 Å². The lowest BCUT2D eigenvalue weighted by atomic mass is 10.2. The zero-order chi connectivity index (χ0) is 11.1. The summed E-state index contributed by atoms with van der Waals surface area (Å²) < 4.78 is 5.34. The standard InChI is InChI=1S/C8H8BrNO2.C2H6/c1-5-7(9)3-6(4-10-5)8(11)12-2;1-2/h3-4H,1-2H3;1-2H3. The third kappa shape index (κ3) is 3.46. The minimum atomic E-state index is -0.372. The number of ether oxygens (including phenoxy) is 1. The number of nitrogens with zero attached hydrogens (tertiary/aromatic N) is 1. The molecule has 1 aromatic heterocycles. The van der Waals surface area contributed by atoms with E-state index < -0.39 is 0 Å². The lowest BCUT2D eigenvalue weighted by Crippen LogP contribution is -2.02. The van der Waals surface area contributed by atoms with Crippen molar-refractivity contribution in [1.82, 2.24) is 4.98 Å². The van der Waals surface area contributed by atoms with E-state index in [4.69, 9.17) is 0 Å². The van der Waals surface area contributed by atoms with Gasteiger partial charge >= 0.3 is 5.97 Å². The first kappa shape index (κ1) is 13.1. The lowest BCUT2D eigenvalue weighted by Gasteiger charge is -2.00. The highest BCUT2D eigenvalue weighted by Gasteiger charge is 2.06. The van der Waals surface area contributed by atoms with Crippen LogP contribution in [0.25, 0.3) is 0 Å². The van der Waals surface area contributed by atoms with Crippen LogP contribution in [0.5, 0.6) is 0 Å². The average Bonchev–Trinajstić information content (AvgIpc) is 2.24. The summed E-state index contributed by atoms with van der Waals surface area (Å²) in [7, 11) is 1.34. The average molecular weight is 260 g/mol. The van der Waals surface area contributed by atoms with Crippen molar-refractivity contribution in [2.75, 3.05) is 7.11 Å². The van der Waals surface area contributed by atoms with E-state index in [-0.39, 0.29) is 5.97 Å². The molecule has 1 rings (SSSR count). The second kappa shape index (κ2) is 6.54. The number of hydrogen-bond donors (Lipinski definition) is 0. The molecule has 3 nitrogen and oxygen atoms in total. The van der Waals surface area contributed by atoms with Gasteiger partial charge in [0.15, 0.2) is 0 Å². The molecule has 0 bridgehead atoms. The number of aryl methyl sites for hydroxylation is 1. The largest absolute Gasteiger partial charge is 0.465 e. The zero-order valence-corrected chi connectivity index (χ0v) is 10.4. The number of methoxy groups -OCH3 is 1. The van der Waals surface area contributed by atoms with Gasteiger partial charge in [0.1, 0.15) is 0 Å². The Bertz CT molecular complexity index is 313. The zero-order valence-electron chi connectivity index (χ0n) is 8.80. The molecule has 1 heterocycles. The highest BCUT2D eigenvalue weighted by molar-refractivity contribution is 9.10. The summed E-state index contributed by atoms with van der Waals surface area (Å²) in [6.07, 6.45) is 1.49. The summed E-state index contributed by atoms with van der Waals surface area (Å²) in [5.41, 5.74) is 1.30. The quantitative estimate of drug-likeness (QED) is 0.729. The Kier molecular flexibility index (Phi) is 6.12. The van der Waals surface area contributed by atoms with Gasteiger partial charge in [-0.05, 0) is 28.9 Å². The minimum Gasteiger partial charge on any atom is -0.465 e. The maximum absolute atomic E-state index is 11.0. The third-order valence-corrected chi connectivity index (χ3v) is 2.25. The molecule has 1 aromatic rings. The number of rotatable bonds is 1. The van der Waals surface area contributed by atoms with E-state index >= 15 is 0 Å². The summed E-state index contributed by atoms with van der Waals surface area (Å²) >= 11 is 3.27. The Hall–Kier alpha value is -0.900. The van der Waals surface area contributed by atoms with Crippen molar-refractivity contribution in [3.63, 3.8) is 0 Å². The molecule has 0 radical (unpaired) electrons. The Labute approximate surface area is 92.6 Å². The first-order chi connectivity index (χ1) is 6.65. The molecular formula is C10H14BrNO2. The molecule has 0 fully saturated rings. The van der Waals surface area contributed by atoms with Crippen LogP contribution in [0.4, 0.5) is 0 Å². The molecule has 0 aromatic carbocycles. The van der Waals surface area contributed by atoms with Gasteiger partial charge in [0, 0.05) is 10.7 Å². The molecule has 78 valence electrons. The van der Waals surface area contributed by atoms with Crippen molar-refractivity contribution < 1.29 is 9.53 Å². The highest BCUT2D eigenvalue weighted by Crippen LogP contribution is 2.15. The topological polar surface area (TPSA) is 39.2 Å². The van der Waals surface area contributed by atoms with E-state index in [0.717, 1.165) is 10.2 Å². The minimum absolute atomic E-state index is 0.372. The van der Waals surface area contributed by atoms with E-state index in [1.807, 2.05) is 20.8 Å². The van der Waals surface area contributed by atoms with Gasteiger partial charge in [-0.1, -0.05) is 13.8 Å². The molecule has 0 saturated carbocycles. The van der Waals surface area contributed by atoms with Gasteiger partial charge in [-0.25, -0.2) is 4.79 Å². The summed E-state index contributed by atoms with van der Waals surface area (Å²) in [6.45, 7) is 5.85. The maximum atomic E-state index is 11.0. The molecule has 0 spiro atoms. The summed E-state index contributed by atoms with van der Waals surface area (Å²) in [4.78, 5) is 15.0. The van der Waals surface area contributed by atoms with Gasteiger partial charge in [0.25, 0.3) is 0 Å². The smallest absolute Gasteiger partial charge is 0.339 e. The van der Waals surface area contributed by atoms with Crippen LogP contribution >= 0.6 is 15.9 Å². The van der Waals surface area contributed by atoms with Gasteiger partial charge in [-0.3, -0.25) is 4.98 Å². The number of aromatic nitrogens is 1. The Morgan fingerprint density at radius 1 is 1.50 bits per heavy atom. The molecule has 0 N–H and O–H groups in total. The first-order valence-corrected chi connectivity index (χ1v) is 5.15. The number of carbonyl (C=O) groups is 1. The monoisotopic (exact) mass is 259 g/mol. The molecule has 0 aliphatic heterocycles. The number of carbonyl (C=O) groups excluding carboxylic acids is 1. The summed E-state index contributed by atoms with van der Waals surface area (Å²) in [5.74, 6) is -0.372. The predicted octanol–water partition coefficient (Wildman–Crippen LogP) is 2.97. The van der Waals surface area contributed by atoms with Crippen LogP contribution in [0, 0.1) is 6.92 Å². The van der Waals surface area contributed by atoms with Crippen LogP contribution in [0.2, 0.25) is 0 Å². The molecule has 14 heavy (non-hydrogen) atoms. The Morgan fingerprint density at radius 3 is 2.50 bits per heavy atom. The van der Waals surface area contributed by atoms with Crippen LogP contribution < -0.4 is 0 Å². The summed E-state index contributed by atoms with van der Waals surface area (Å²) in [6, 6.07) is 1.69. The lowest BCUT2D eigenvalue weighted by molar-refractivity contribution is 0.0600. The van der Waals surface area contributed by atoms with E-state index in [1.54, 1.807) is 6.07 Å².